The van der Waals surface area contributed by atoms with E-state index >= 15 is 0 Å². The summed E-state index contributed by atoms with van der Waals surface area (Å²) < 4.78 is 29.0. The lowest BCUT2D eigenvalue weighted by Gasteiger charge is -2.17. The Kier molecular flexibility index (Phi) is 2.36. The quantitative estimate of drug-likeness (QED) is 0.765. The molecule has 0 unspecified atom stereocenters. The molecule has 0 amide bonds. The maximum absolute atomic E-state index is 13.7. The number of alkyl halides is 2. The first-order valence-corrected chi connectivity index (χ1v) is 5.93. The third-order valence-corrected chi connectivity index (χ3v) is 3.51. The van der Waals surface area contributed by atoms with Crippen LogP contribution in [0.5, 0.6) is 0 Å². The normalized spacial score (nSPS) is 16.6. The number of nitrogens with zero attached hydrogens (tertiary/aromatic N) is 2. The van der Waals surface area contributed by atoms with Crippen LogP contribution in [0.2, 0.25) is 5.15 Å². The van der Waals surface area contributed by atoms with Gasteiger partial charge in [-0.25, -0.2) is 13.8 Å². The van der Waals surface area contributed by atoms with Crippen molar-refractivity contribution in [1.82, 2.24) is 9.55 Å². The Morgan fingerprint density at radius 3 is 2.88 bits per heavy atom. The summed E-state index contributed by atoms with van der Waals surface area (Å²) in [6.07, 6.45) is 4.45. The smallest absolute Gasteiger partial charge is 0.268 e. The summed E-state index contributed by atoms with van der Waals surface area (Å²) >= 11 is 5.90. The first-order valence-electron chi connectivity index (χ1n) is 5.55. The monoisotopic (exact) mass is 256 g/mol. The first-order chi connectivity index (χ1) is 8.08. The Balaban J connectivity index is 1.98. The van der Waals surface area contributed by atoms with Crippen LogP contribution in [-0.2, 0) is 6.54 Å². The average molecular weight is 257 g/mol. The molecule has 0 aromatic carbocycles. The second-order valence-electron chi connectivity index (χ2n) is 4.51. The van der Waals surface area contributed by atoms with E-state index in [1.54, 1.807) is 22.9 Å². The summed E-state index contributed by atoms with van der Waals surface area (Å²) in [7, 11) is 0. The van der Waals surface area contributed by atoms with Gasteiger partial charge in [0, 0.05) is 23.7 Å². The Hall–Kier alpha value is -1.16. The molecule has 2 heterocycles. The maximum Gasteiger partial charge on any atom is 0.268 e. The molecule has 1 fully saturated rings. The van der Waals surface area contributed by atoms with Crippen molar-refractivity contribution in [2.24, 2.45) is 5.92 Å². The average Bonchev–Trinajstić information content (AvgIpc) is 3.05. The van der Waals surface area contributed by atoms with E-state index in [0.717, 1.165) is 5.39 Å². The fraction of sp³-hybridized carbons (Fsp3) is 0.417. The van der Waals surface area contributed by atoms with Gasteiger partial charge in [0.1, 0.15) is 5.15 Å². The lowest BCUT2D eigenvalue weighted by molar-refractivity contribution is -0.0375. The highest BCUT2D eigenvalue weighted by Crippen LogP contribution is 2.44. The fourth-order valence-corrected chi connectivity index (χ4v) is 2.30. The summed E-state index contributed by atoms with van der Waals surface area (Å²) in [6, 6.07) is 3.44. The zero-order valence-corrected chi connectivity index (χ0v) is 9.79. The van der Waals surface area contributed by atoms with Gasteiger partial charge in [-0.15, -0.1) is 0 Å². The van der Waals surface area contributed by atoms with Gasteiger partial charge in [-0.2, -0.15) is 0 Å². The minimum absolute atomic E-state index is 0.276. The molecular weight excluding hydrogens is 246 g/mol. The molecule has 3 rings (SSSR count). The standard InChI is InChI=1S/C12H11ClF2N2/c13-11-9-4-6-17(10(9)3-5-16-11)7-12(14,15)8-1-2-8/h3-6,8H,1-2,7H2. The highest BCUT2D eigenvalue weighted by Gasteiger charge is 2.46. The van der Waals surface area contributed by atoms with E-state index in [2.05, 4.69) is 4.98 Å². The van der Waals surface area contributed by atoms with Gasteiger partial charge in [0.2, 0.25) is 0 Å². The molecule has 0 N–H and O–H groups in total. The van der Waals surface area contributed by atoms with Crippen LogP contribution in [-0.4, -0.2) is 15.5 Å². The summed E-state index contributed by atoms with van der Waals surface area (Å²) in [5, 5.41) is 1.08. The van der Waals surface area contributed by atoms with Gasteiger partial charge in [0.15, 0.2) is 0 Å². The molecule has 90 valence electrons. The van der Waals surface area contributed by atoms with Gasteiger partial charge >= 0.3 is 0 Å². The van der Waals surface area contributed by atoms with Gasteiger partial charge in [0.25, 0.3) is 5.92 Å². The van der Waals surface area contributed by atoms with Gasteiger partial charge in [-0.3, -0.25) is 0 Å². The Labute approximate surface area is 102 Å². The largest absolute Gasteiger partial charge is 0.341 e. The van der Waals surface area contributed by atoms with Gasteiger partial charge in [-0.05, 0) is 25.0 Å². The SMILES string of the molecule is FC(F)(Cn1ccc2c(Cl)nccc21)C1CC1. The van der Waals surface area contributed by atoms with Crippen molar-refractivity contribution >= 4 is 22.5 Å². The molecule has 0 atom stereocenters. The van der Waals surface area contributed by atoms with Crippen LogP contribution >= 0.6 is 11.6 Å². The number of hydrogen-bond acceptors (Lipinski definition) is 1. The van der Waals surface area contributed by atoms with Gasteiger partial charge < -0.3 is 4.57 Å². The zero-order valence-electron chi connectivity index (χ0n) is 9.04. The van der Waals surface area contributed by atoms with Crippen molar-refractivity contribution in [1.29, 1.82) is 0 Å². The van der Waals surface area contributed by atoms with Crippen molar-refractivity contribution in [2.45, 2.75) is 25.3 Å². The molecule has 0 radical (unpaired) electrons. The predicted molar refractivity (Wildman–Crippen MR) is 62.4 cm³/mol. The van der Waals surface area contributed by atoms with Crippen LogP contribution in [0.25, 0.3) is 10.9 Å². The molecule has 1 aliphatic rings. The Bertz CT molecular complexity index is 561. The van der Waals surface area contributed by atoms with E-state index in [1.165, 1.54) is 6.20 Å². The molecule has 1 saturated carbocycles. The lowest BCUT2D eigenvalue weighted by Crippen LogP contribution is -2.25. The molecule has 0 spiro atoms. The summed E-state index contributed by atoms with van der Waals surface area (Å²) in [5.74, 6) is -3.07. The van der Waals surface area contributed by atoms with Crippen LogP contribution in [0.1, 0.15) is 12.8 Å². The summed E-state index contributed by atoms with van der Waals surface area (Å²) in [5.41, 5.74) is 0.713. The summed E-state index contributed by atoms with van der Waals surface area (Å²) in [6.45, 7) is -0.276. The number of pyridine rings is 1. The summed E-state index contributed by atoms with van der Waals surface area (Å²) in [4.78, 5) is 3.93. The molecule has 5 heteroatoms. The number of rotatable bonds is 3. The van der Waals surface area contributed by atoms with Crippen LogP contribution in [0.4, 0.5) is 8.78 Å². The third-order valence-electron chi connectivity index (χ3n) is 3.20. The minimum Gasteiger partial charge on any atom is -0.341 e. The fourth-order valence-electron chi connectivity index (χ4n) is 2.09. The lowest BCUT2D eigenvalue weighted by atomic mass is 10.2. The van der Waals surface area contributed by atoms with Crippen molar-refractivity contribution in [3.63, 3.8) is 0 Å². The van der Waals surface area contributed by atoms with Gasteiger partial charge in [-0.1, -0.05) is 11.6 Å². The van der Waals surface area contributed by atoms with E-state index in [9.17, 15) is 8.78 Å². The Morgan fingerprint density at radius 2 is 2.18 bits per heavy atom. The van der Waals surface area contributed by atoms with E-state index < -0.39 is 11.8 Å². The molecule has 17 heavy (non-hydrogen) atoms. The van der Waals surface area contributed by atoms with Crippen LogP contribution in [0, 0.1) is 5.92 Å². The molecule has 0 aliphatic heterocycles. The Morgan fingerprint density at radius 1 is 1.41 bits per heavy atom. The van der Waals surface area contributed by atoms with Crippen molar-refractivity contribution in [3.8, 4) is 0 Å². The molecule has 2 aromatic rings. The highest BCUT2D eigenvalue weighted by atomic mass is 35.5. The number of hydrogen-bond donors (Lipinski definition) is 0. The van der Waals surface area contributed by atoms with Crippen LogP contribution in [0.15, 0.2) is 24.5 Å². The molecule has 1 aliphatic carbocycles. The van der Waals surface area contributed by atoms with E-state index in [4.69, 9.17) is 11.6 Å². The molecule has 0 bridgehead atoms. The minimum atomic E-state index is -2.62. The molecule has 2 aromatic heterocycles. The van der Waals surface area contributed by atoms with Crippen molar-refractivity contribution in [3.05, 3.63) is 29.7 Å². The van der Waals surface area contributed by atoms with E-state index in [1.807, 2.05) is 0 Å². The van der Waals surface area contributed by atoms with Crippen LogP contribution in [0.3, 0.4) is 0 Å². The van der Waals surface area contributed by atoms with Gasteiger partial charge in [0.05, 0.1) is 12.1 Å². The second kappa shape index (κ2) is 3.67. The zero-order chi connectivity index (χ0) is 12.0. The van der Waals surface area contributed by atoms with Crippen molar-refractivity contribution in [2.75, 3.05) is 0 Å². The highest BCUT2D eigenvalue weighted by molar-refractivity contribution is 6.34. The van der Waals surface area contributed by atoms with Crippen molar-refractivity contribution < 1.29 is 8.78 Å². The van der Waals surface area contributed by atoms with Crippen LogP contribution < -0.4 is 0 Å². The second-order valence-corrected chi connectivity index (χ2v) is 4.87. The molecular formula is C12H11ClF2N2. The first kappa shape index (κ1) is 11.0. The maximum atomic E-state index is 13.7. The number of aromatic nitrogens is 2. The van der Waals surface area contributed by atoms with E-state index in [-0.39, 0.29) is 6.54 Å². The topological polar surface area (TPSA) is 17.8 Å². The third kappa shape index (κ3) is 1.90. The number of fused-ring (bicyclic) bond motifs is 1. The molecule has 2 nitrogen and oxygen atoms in total. The number of halogens is 3. The predicted octanol–water partition coefficient (Wildman–Crippen LogP) is 3.74. The molecule has 0 saturated heterocycles. The van der Waals surface area contributed by atoms with E-state index in [0.29, 0.717) is 23.5 Å².